The largest absolute Gasteiger partial charge is 0.459 e. The van der Waals surface area contributed by atoms with Crippen molar-refractivity contribution in [3.05, 3.63) is 418 Å². The first-order chi connectivity index (χ1) is 62.7. The van der Waals surface area contributed by atoms with Crippen LogP contribution in [0.25, 0.3) is 144 Å². The molecule has 0 radical (unpaired) electrons. The molecule has 0 spiro atoms. The normalized spacial score (nSPS) is 13.2. The summed E-state index contributed by atoms with van der Waals surface area (Å²) >= 11 is 0. The van der Waals surface area contributed by atoms with E-state index in [1.807, 2.05) is 0 Å². The Morgan fingerprint density at radius 2 is 0.606 bits per heavy atom. The third-order valence-corrected chi connectivity index (χ3v) is 28.1. The Morgan fingerprint density at radius 3 is 1.09 bits per heavy atom. The van der Waals surface area contributed by atoms with Gasteiger partial charge in [-0.25, -0.2) is 0 Å². The van der Waals surface area contributed by atoms with Crippen molar-refractivity contribution in [1.29, 1.82) is 0 Å². The summed E-state index contributed by atoms with van der Waals surface area (Å²) in [5, 5.41) is 4.88. The Kier molecular flexibility index (Phi) is 15.4. The molecule has 8 heterocycles. The minimum atomic E-state index is -0.479. The van der Waals surface area contributed by atoms with Gasteiger partial charge in [0.2, 0.25) is 0 Å². The number of hydrogen-bond acceptors (Lipinski definition) is 4. The maximum absolute atomic E-state index is 8.57. The Balaban J connectivity index is 0.828. The van der Waals surface area contributed by atoms with Gasteiger partial charge >= 0.3 is 0 Å². The number of para-hydroxylation sites is 4. The van der Waals surface area contributed by atoms with E-state index >= 15 is 0 Å². The maximum atomic E-state index is 8.57. The van der Waals surface area contributed by atoms with Gasteiger partial charge in [-0.1, -0.05) is 385 Å². The summed E-state index contributed by atoms with van der Waals surface area (Å²) in [6.07, 6.45) is 0. The quantitative estimate of drug-likeness (QED) is 0.128. The summed E-state index contributed by atoms with van der Waals surface area (Å²) < 4.78 is 22.5. The topological polar surface area (TPSA) is 34.8 Å². The lowest BCUT2D eigenvalue weighted by Gasteiger charge is -2.48. The molecule has 0 saturated carbocycles. The van der Waals surface area contributed by atoms with Gasteiger partial charge in [0.1, 0.15) is 23.0 Å². The van der Waals surface area contributed by atoms with Crippen molar-refractivity contribution in [1.82, 2.24) is 9.13 Å². The molecule has 19 aromatic carbocycles. The van der Waals surface area contributed by atoms with Crippen LogP contribution in [0.2, 0.25) is 0 Å². The fraction of sp³-hybridized carbons (Fsp3) is 0.0339. The maximum Gasteiger partial charge on any atom is 0.263 e. The van der Waals surface area contributed by atoms with Crippen LogP contribution >= 0.6 is 0 Å². The van der Waals surface area contributed by atoms with E-state index in [-0.39, 0.29) is 6.71 Å². The van der Waals surface area contributed by atoms with E-state index in [4.69, 9.17) is 9.47 Å². The zero-order chi connectivity index (χ0) is 83.6. The summed E-state index contributed by atoms with van der Waals surface area (Å²) in [5.74, 6) is 3.12. The fourth-order valence-corrected chi connectivity index (χ4v) is 22.7. The highest BCUT2D eigenvalue weighted by Gasteiger charge is 2.54. The van der Waals surface area contributed by atoms with Crippen molar-refractivity contribution in [3.8, 4) is 123 Å². The van der Waals surface area contributed by atoms with Gasteiger partial charge in [-0.3, -0.25) is 0 Å². The highest BCUT2D eigenvalue weighted by molar-refractivity contribution is 7.05. The predicted octanol–water partition coefficient (Wildman–Crippen LogP) is 24.5. The standard InChI is InChI=1S/C118H77B3N4O2/c1-118(2,3)82-68-98-107-99(69-82)124(113-87(78-46-24-10-25-47-78)54-33-55-88(113)79-48-26-11-27-49-79)101-71-104-111-117(109(101)120(107)91-62-58-80(72-34-12-4-13-35-72)66-97(91)123(98)112-85(76-42-20-8-21-43-76)52-32-53-86(112)77-44-22-9-23-45-77)127-102-67-81(73-36-14-5-15-37-73)59-63-92(102)121(111)110-103(126-104)70-100-108-116(110)125-96-57-31-29-51-90(96)106-84(75-40-18-7-19-41-75)61-65-94(115(106)125)119(108)93-64-60-83(74-38-16-6-17-39-74)105-89-50-28-30-56-95(89)122(100)114(93)105/h4-71H,1-3H3. The molecule has 2 aromatic heterocycles. The summed E-state index contributed by atoms with van der Waals surface area (Å²) in [4.78, 5) is 5.36. The van der Waals surface area contributed by atoms with E-state index in [1.54, 1.807) is 0 Å². The van der Waals surface area contributed by atoms with Crippen LogP contribution in [0.4, 0.5) is 34.1 Å². The van der Waals surface area contributed by atoms with Gasteiger partial charge in [0.15, 0.2) is 0 Å². The molecule has 6 aliphatic rings. The second-order valence-electron chi connectivity index (χ2n) is 35.9. The van der Waals surface area contributed by atoms with Crippen LogP contribution in [-0.2, 0) is 5.41 Å². The monoisotopic (exact) mass is 1610 g/mol. The van der Waals surface area contributed by atoms with Crippen molar-refractivity contribution in [3.63, 3.8) is 0 Å². The molecule has 0 N–H and O–H groups in total. The van der Waals surface area contributed by atoms with E-state index in [2.05, 4.69) is 452 Å². The van der Waals surface area contributed by atoms with Crippen LogP contribution in [0.3, 0.4) is 0 Å². The van der Waals surface area contributed by atoms with Crippen molar-refractivity contribution < 1.29 is 9.47 Å². The lowest BCUT2D eigenvalue weighted by atomic mass is 9.29. The van der Waals surface area contributed by atoms with Gasteiger partial charge in [-0.05, 0) is 158 Å². The van der Waals surface area contributed by atoms with E-state index in [0.717, 1.165) is 174 Å². The minimum Gasteiger partial charge on any atom is -0.459 e. The molecule has 0 aliphatic carbocycles. The van der Waals surface area contributed by atoms with Gasteiger partial charge in [0, 0.05) is 107 Å². The minimum absolute atomic E-state index is 0.227. The molecule has 0 unspecified atom stereocenters. The first kappa shape index (κ1) is 71.7. The molecule has 27 rings (SSSR count). The molecule has 0 bridgehead atoms. The molecular weight excluding hydrogens is 1540 g/mol. The Morgan fingerprint density at radius 1 is 0.228 bits per heavy atom. The predicted molar refractivity (Wildman–Crippen MR) is 534 cm³/mol. The van der Waals surface area contributed by atoms with Crippen LogP contribution in [0.1, 0.15) is 26.3 Å². The Labute approximate surface area is 738 Å². The van der Waals surface area contributed by atoms with Gasteiger partial charge < -0.3 is 28.4 Å². The smallest absolute Gasteiger partial charge is 0.263 e. The van der Waals surface area contributed by atoms with E-state index in [0.29, 0.717) is 0 Å². The number of aromatic nitrogens is 2. The number of benzene rings is 19. The van der Waals surface area contributed by atoms with Crippen LogP contribution in [0.15, 0.2) is 413 Å². The molecule has 590 valence electrons. The average molecular weight is 1620 g/mol. The summed E-state index contributed by atoms with van der Waals surface area (Å²) in [6, 6.07) is 155. The molecule has 9 heteroatoms. The van der Waals surface area contributed by atoms with E-state index < -0.39 is 18.8 Å². The highest BCUT2D eigenvalue weighted by atomic mass is 16.5. The first-order valence-electron chi connectivity index (χ1n) is 44.4. The molecular formula is C118H77B3N4O2. The molecule has 6 nitrogen and oxygen atoms in total. The highest BCUT2D eigenvalue weighted by Crippen LogP contribution is 2.57. The average Bonchev–Trinajstić information content (AvgIpc) is 1.63. The Bertz CT molecular complexity index is 8120. The first-order valence-corrected chi connectivity index (χ1v) is 44.4. The second kappa shape index (κ2) is 27.3. The second-order valence-corrected chi connectivity index (χ2v) is 35.9. The summed E-state index contributed by atoms with van der Waals surface area (Å²) in [6.45, 7) is 5.97. The lowest BCUT2D eigenvalue weighted by Crippen LogP contribution is -2.67. The fourth-order valence-electron chi connectivity index (χ4n) is 22.7. The zero-order valence-corrected chi connectivity index (χ0v) is 70.1. The lowest BCUT2D eigenvalue weighted by molar-refractivity contribution is 0.467. The van der Waals surface area contributed by atoms with Crippen molar-refractivity contribution in [2.24, 2.45) is 0 Å². The van der Waals surface area contributed by atoms with Gasteiger partial charge in [-0.2, -0.15) is 0 Å². The van der Waals surface area contributed by atoms with E-state index in [1.165, 1.54) is 82.2 Å². The van der Waals surface area contributed by atoms with E-state index in [9.17, 15) is 0 Å². The molecule has 0 fully saturated rings. The van der Waals surface area contributed by atoms with Gasteiger partial charge in [-0.15, -0.1) is 0 Å². The molecule has 0 amide bonds. The summed E-state index contributed by atoms with van der Waals surface area (Å²) in [7, 11) is 0. The number of rotatable bonds is 10. The van der Waals surface area contributed by atoms with Crippen molar-refractivity contribution in [2.45, 2.75) is 26.2 Å². The number of hydrogen-bond donors (Lipinski definition) is 0. The van der Waals surface area contributed by atoms with Crippen LogP contribution in [-0.4, -0.2) is 29.3 Å². The molecule has 6 aliphatic heterocycles. The number of anilines is 6. The zero-order valence-electron chi connectivity index (χ0n) is 70.1. The Hall–Kier alpha value is -15.8. The number of ether oxygens (including phenoxy) is 2. The molecule has 127 heavy (non-hydrogen) atoms. The van der Waals surface area contributed by atoms with Crippen LogP contribution in [0.5, 0.6) is 23.0 Å². The van der Waals surface area contributed by atoms with Crippen LogP contribution < -0.4 is 68.4 Å². The van der Waals surface area contributed by atoms with Crippen molar-refractivity contribution >= 4 is 147 Å². The molecule has 21 aromatic rings. The van der Waals surface area contributed by atoms with Gasteiger partial charge in [0.05, 0.1) is 22.4 Å². The molecule has 0 saturated heterocycles. The number of fused-ring (bicyclic) bond motifs is 20. The third-order valence-electron chi connectivity index (χ3n) is 28.1. The third kappa shape index (κ3) is 10.4. The number of nitrogens with zero attached hydrogens (tertiary/aromatic N) is 4. The SMILES string of the molecule is CC(C)(C)c1cc2c3c(c1)N(c1c(-c4ccccc4)cccc1-c1ccccc1)c1cc4c5c(c1B3c1ccc(-c3ccccc3)cc1N2c1c(-c2ccccc2)cccc1-c1ccccc1)Oc1cc(-c2ccccc2)ccc1B5c1c(cc2c3c1-n1c5ccccc5c5c(-c6ccccc6)ccc(c51)B3c1ccc(-c3ccccc3)c3c5ccccc5n-2c13)O4. The molecule has 0 atom stereocenters. The van der Waals surface area contributed by atoms with Gasteiger partial charge in [0.25, 0.3) is 20.1 Å². The summed E-state index contributed by atoms with van der Waals surface area (Å²) in [5.41, 5.74) is 42.4. The van der Waals surface area contributed by atoms with Crippen LogP contribution in [0, 0.1) is 0 Å². The van der Waals surface area contributed by atoms with Crippen molar-refractivity contribution in [2.75, 3.05) is 9.80 Å².